The first-order chi connectivity index (χ1) is 11.1. The van der Waals surface area contributed by atoms with Gasteiger partial charge in [0, 0.05) is 13.1 Å². The van der Waals surface area contributed by atoms with Gasteiger partial charge in [0.1, 0.15) is 5.75 Å². The fraction of sp³-hybridized carbons (Fsp3) is 0.529. The minimum absolute atomic E-state index is 0.0827. The second-order valence-electron chi connectivity index (χ2n) is 5.78. The minimum Gasteiger partial charge on any atom is -0.490 e. The summed E-state index contributed by atoms with van der Waals surface area (Å²) in [6.45, 7) is 0.512. The van der Waals surface area contributed by atoms with Crippen LogP contribution in [0.15, 0.2) is 24.3 Å². The van der Waals surface area contributed by atoms with Crippen molar-refractivity contribution >= 4 is 12.0 Å². The first kappa shape index (κ1) is 17.1. The van der Waals surface area contributed by atoms with Crippen molar-refractivity contribution in [1.29, 1.82) is 0 Å². The van der Waals surface area contributed by atoms with Crippen LogP contribution in [0.2, 0.25) is 0 Å². The van der Waals surface area contributed by atoms with E-state index < -0.39 is 5.97 Å². The van der Waals surface area contributed by atoms with Gasteiger partial charge in [-0.2, -0.15) is 0 Å². The molecule has 1 aromatic carbocycles. The lowest BCUT2D eigenvalue weighted by Crippen LogP contribution is -2.36. The smallest absolute Gasteiger partial charge is 0.315 e. The molecular formula is C17H24N2O4. The van der Waals surface area contributed by atoms with Crippen LogP contribution >= 0.6 is 0 Å². The van der Waals surface area contributed by atoms with Crippen molar-refractivity contribution < 1.29 is 19.4 Å². The third kappa shape index (κ3) is 6.59. The zero-order valence-corrected chi connectivity index (χ0v) is 13.2. The van der Waals surface area contributed by atoms with E-state index in [0.29, 0.717) is 12.6 Å². The number of hydrogen-bond acceptors (Lipinski definition) is 3. The van der Waals surface area contributed by atoms with Gasteiger partial charge >= 0.3 is 12.0 Å². The summed E-state index contributed by atoms with van der Waals surface area (Å²) < 4.78 is 5.96. The van der Waals surface area contributed by atoms with E-state index in [1.54, 1.807) is 0 Å². The Morgan fingerprint density at radius 2 is 1.78 bits per heavy atom. The van der Waals surface area contributed by atoms with Crippen LogP contribution in [-0.2, 0) is 11.3 Å². The third-order valence-corrected chi connectivity index (χ3v) is 3.86. The molecule has 0 spiro atoms. The first-order valence-electron chi connectivity index (χ1n) is 8.12. The van der Waals surface area contributed by atoms with Crippen LogP contribution in [0.4, 0.5) is 4.79 Å². The summed E-state index contributed by atoms with van der Waals surface area (Å²) in [6, 6.07) is 7.33. The predicted octanol–water partition coefficient (Wildman–Crippen LogP) is 2.67. The van der Waals surface area contributed by atoms with Gasteiger partial charge in [-0.25, -0.2) is 4.79 Å². The number of benzene rings is 1. The fourth-order valence-electron chi connectivity index (χ4n) is 2.59. The van der Waals surface area contributed by atoms with E-state index in [4.69, 9.17) is 9.84 Å². The van der Waals surface area contributed by atoms with Gasteiger partial charge in [-0.3, -0.25) is 4.79 Å². The van der Waals surface area contributed by atoms with Crippen molar-refractivity contribution in [3.05, 3.63) is 29.8 Å². The zero-order chi connectivity index (χ0) is 16.5. The van der Waals surface area contributed by atoms with Gasteiger partial charge in [-0.15, -0.1) is 0 Å². The highest BCUT2D eigenvalue weighted by atomic mass is 16.5. The van der Waals surface area contributed by atoms with Crippen LogP contribution in [0.1, 0.15) is 44.1 Å². The van der Waals surface area contributed by atoms with Gasteiger partial charge < -0.3 is 20.5 Å². The molecule has 1 fully saturated rings. The van der Waals surface area contributed by atoms with Crippen LogP contribution in [-0.4, -0.2) is 29.8 Å². The molecule has 1 aliphatic rings. The third-order valence-electron chi connectivity index (χ3n) is 3.86. The van der Waals surface area contributed by atoms with E-state index in [2.05, 4.69) is 10.6 Å². The highest BCUT2D eigenvalue weighted by molar-refractivity contribution is 5.74. The lowest BCUT2D eigenvalue weighted by atomic mass is 9.98. The summed E-state index contributed by atoms with van der Waals surface area (Å²) >= 11 is 0. The average Bonchev–Trinajstić information content (AvgIpc) is 2.55. The van der Waals surface area contributed by atoms with Crippen molar-refractivity contribution in [3.8, 4) is 5.75 Å². The van der Waals surface area contributed by atoms with Crippen molar-refractivity contribution in [2.24, 2.45) is 0 Å². The summed E-state index contributed by atoms with van der Waals surface area (Å²) in [6.07, 6.45) is 6.28. The van der Waals surface area contributed by atoms with Gasteiger partial charge in [-0.1, -0.05) is 18.6 Å². The summed E-state index contributed by atoms with van der Waals surface area (Å²) in [5.41, 5.74) is 0.967. The number of hydrogen-bond donors (Lipinski definition) is 3. The van der Waals surface area contributed by atoms with E-state index in [-0.39, 0.29) is 19.0 Å². The Labute approximate surface area is 136 Å². The van der Waals surface area contributed by atoms with Gasteiger partial charge in [0.25, 0.3) is 0 Å². The molecule has 23 heavy (non-hydrogen) atoms. The quantitative estimate of drug-likeness (QED) is 0.721. The predicted molar refractivity (Wildman–Crippen MR) is 86.4 cm³/mol. The van der Waals surface area contributed by atoms with Gasteiger partial charge in [0.15, 0.2) is 0 Å². The normalized spacial score (nSPS) is 15.0. The number of aliphatic carboxylic acids is 1. The molecule has 2 rings (SSSR count). The molecule has 0 atom stereocenters. The van der Waals surface area contributed by atoms with Crippen LogP contribution in [0.3, 0.4) is 0 Å². The van der Waals surface area contributed by atoms with Crippen LogP contribution in [0.5, 0.6) is 5.75 Å². The van der Waals surface area contributed by atoms with Crippen LogP contribution < -0.4 is 15.4 Å². The molecule has 6 heteroatoms. The first-order valence-corrected chi connectivity index (χ1v) is 8.12. The maximum Gasteiger partial charge on any atom is 0.315 e. The number of rotatable bonds is 7. The Balaban J connectivity index is 1.69. The molecular weight excluding hydrogens is 296 g/mol. The summed E-state index contributed by atoms with van der Waals surface area (Å²) in [5.74, 6) is -0.0644. The molecule has 0 saturated heterocycles. The molecule has 1 saturated carbocycles. The highest BCUT2D eigenvalue weighted by Gasteiger charge is 2.14. The minimum atomic E-state index is -0.932. The van der Waals surface area contributed by atoms with E-state index in [1.807, 2.05) is 24.3 Å². The Morgan fingerprint density at radius 1 is 1.09 bits per heavy atom. The zero-order valence-electron chi connectivity index (χ0n) is 13.2. The number of carbonyl (C=O) groups excluding carboxylic acids is 1. The summed E-state index contributed by atoms with van der Waals surface area (Å²) in [5, 5.41) is 13.7. The largest absolute Gasteiger partial charge is 0.490 e. The Morgan fingerprint density at radius 3 is 2.43 bits per heavy atom. The Hall–Kier alpha value is -2.24. The van der Waals surface area contributed by atoms with Crippen molar-refractivity contribution in [2.45, 2.75) is 51.2 Å². The molecule has 0 radical (unpaired) electrons. The number of amides is 2. The Bertz CT molecular complexity index is 510. The van der Waals surface area contributed by atoms with E-state index in [1.165, 1.54) is 19.3 Å². The number of nitrogens with one attached hydrogen (secondary N) is 2. The van der Waals surface area contributed by atoms with E-state index in [9.17, 15) is 9.59 Å². The summed E-state index contributed by atoms with van der Waals surface area (Å²) in [7, 11) is 0. The van der Waals surface area contributed by atoms with Gasteiger partial charge in [0.05, 0.1) is 12.5 Å². The number of urea groups is 1. The molecule has 0 aliphatic heterocycles. The van der Waals surface area contributed by atoms with E-state index in [0.717, 1.165) is 24.2 Å². The molecule has 0 unspecified atom stereocenters. The van der Waals surface area contributed by atoms with Crippen LogP contribution in [0, 0.1) is 0 Å². The fourth-order valence-corrected chi connectivity index (χ4v) is 2.59. The maximum atomic E-state index is 11.5. The molecule has 0 aromatic heterocycles. The molecule has 3 N–H and O–H groups in total. The monoisotopic (exact) mass is 320 g/mol. The molecule has 1 aromatic rings. The number of carbonyl (C=O) groups is 2. The number of carboxylic acids is 1. The molecule has 0 heterocycles. The van der Waals surface area contributed by atoms with Crippen molar-refractivity contribution in [3.63, 3.8) is 0 Å². The molecule has 2 amide bonds. The molecule has 6 nitrogen and oxygen atoms in total. The topological polar surface area (TPSA) is 87.7 Å². The number of ether oxygens (including phenoxy) is 1. The average molecular weight is 320 g/mol. The second-order valence-corrected chi connectivity index (χ2v) is 5.78. The number of carboxylic acid groups (broad SMARTS) is 1. The second kappa shape index (κ2) is 9.02. The lowest BCUT2D eigenvalue weighted by molar-refractivity contribution is -0.136. The summed E-state index contributed by atoms with van der Waals surface area (Å²) in [4.78, 5) is 21.8. The van der Waals surface area contributed by atoms with Gasteiger partial charge in [0.2, 0.25) is 0 Å². The van der Waals surface area contributed by atoms with Gasteiger partial charge in [-0.05, 0) is 43.4 Å². The van der Waals surface area contributed by atoms with Crippen molar-refractivity contribution in [2.75, 3.05) is 6.54 Å². The van der Waals surface area contributed by atoms with Crippen LogP contribution in [0.25, 0.3) is 0 Å². The Kier molecular flexibility index (Phi) is 6.72. The van der Waals surface area contributed by atoms with Crippen molar-refractivity contribution in [1.82, 2.24) is 10.6 Å². The standard InChI is InChI=1S/C17H24N2O4/c20-16(21)10-11-18-17(22)19-12-13-6-8-15(9-7-13)23-14-4-2-1-3-5-14/h6-9,14H,1-5,10-12H2,(H,20,21)(H2,18,19,22). The SMILES string of the molecule is O=C(O)CCNC(=O)NCc1ccc(OC2CCCCC2)cc1. The molecule has 0 bridgehead atoms. The lowest BCUT2D eigenvalue weighted by Gasteiger charge is -2.23. The van der Waals surface area contributed by atoms with E-state index >= 15 is 0 Å². The molecule has 1 aliphatic carbocycles. The maximum absolute atomic E-state index is 11.5. The highest BCUT2D eigenvalue weighted by Crippen LogP contribution is 2.23. The molecule has 126 valence electrons.